The molecule has 0 bridgehead atoms. The van der Waals surface area contributed by atoms with Crippen LogP contribution in [-0.4, -0.2) is 11.7 Å². The third-order valence-electron chi connectivity index (χ3n) is 2.91. The Morgan fingerprint density at radius 3 is 2.57 bits per heavy atom. The SMILES string of the molecule is COc1ccc(Br)cc1Cn1c(C(F)(F)F)cccc1=O. The quantitative estimate of drug-likeness (QED) is 0.834. The molecule has 3 nitrogen and oxygen atoms in total. The maximum absolute atomic E-state index is 13.0. The van der Waals surface area contributed by atoms with E-state index in [0.717, 1.165) is 18.2 Å². The number of hydrogen-bond acceptors (Lipinski definition) is 2. The maximum atomic E-state index is 13.0. The number of aromatic nitrogens is 1. The first-order valence-corrected chi connectivity index (χ1v) is 6.71. The summed E-state index contributed by atoms with van der Waals surface area (Å²) in [6.45, 7) is -0.225. The Kier molecular flexibility index (Phi) is 4.41. The van der Waals surface area contributed by atoms with E-state index in [1.165, 1.54) is 7.11 Å². The van der Waals surface area contributed by atoms with Crippen LogP contribution in [0.15, 0.2) is 45.7 Å². The van der Waals surface area contributed by atoms with Crippen molar-refractivity contribution in [2.75, 3.05) is 7.11 Å². The van der Waals surface area contributed by atoms with Gasteiger partial charge in [-0.3, -0.25) is 9.36 Å². The Balaban J connectivity index is 2.55. The van der Waals surface area contributed by atoms with Crippen LogP contribution in [0.5, 0.6) is 5.75 Å². The molecule has 0 aliphatic carbocycles. The van der Waals surface area contributed by atoms with E-state index in [0.29, 0.717) is 20.4 Å². The van der Waals surface area contributed by atoms with E-state index in [2.05, 4.69) is 15.9 Å². The van der Waals surface area contributed by atoms with E-state index < -0.39 is 17.4 Å². The number of halogens is 4. The first kappa shape index (κ1) is 15.6. The number of benzene rings is 1. The minimum absolute atomic E-state index is 0.225. The van der Waals surface area contributed by atoms with Crippen LogP contribution in [0.1, 0.15) is 11.3 Å². The molecule has 0 radical (unpaired) electrons. The van der Waals surface area contributed by atoms with Crippen LogP contribution in [0.25, 0.3) is 0 Å². The van der Waals surface area contributed by atoms with Crippen LogP contribution < -0.4 is 10.3 Å². The Labute approximate surface area is 127 Å². The molecule has 0 unspecified atom stereocenters. The van der Waals surface area contributed by atoms with Gasteiger partial charge in [-0.1, -0.05) is 22.0 Å². The number of nitrogens with zero attached hydrogens (tertiary/aromatic N) is 1. The lowest BCUT2D eigenvalue weighted by atomic mass is 10.2. The Morgan fingerprint density at radius 1 is 1.24 bits per heavy atom. The monoisotopic (exact) mass is 361 g/mol. The van der Waals surface area contributed by atoms with Crippen LogP contribution in [0, 0.1) is 0 Å². The summed E-state index contributed by atoms with van der Waals surface area (Å²) in [6, 6.07) is 8.03. The van der Waals surface area contributed by atoms with E-state index in [9.17, 15) is 18.0 Å². The van der Waals surface area contributed by atoms with Gasteiger partial charge in [0.25, 0.3) is 5.56 Å². The van der Waals surface area contributed by atoms with Crippen molar-refractivity contribution in [2.24, 2.45) is 0 Å². The Morgan fingerprint density at radius 2 is 1.95 bits per heavy atom. The van der Waals surface area contributed by atoms with Crippen molar-refractivity contribution in [3.63, 3.8) is 0 Å². The van der Waals surface area contributed by atoms with E-state index in [1.807, 2.05) is 0 Å². The van der Waals surface area contributed by atoms with Crippen molar-refractivity contribution < 1.29 is 17.9 Å². The Hall–Kier alpha value is -1.76. The molecule has 1 heterocycles. The third-order valence-corrected chi connectivity index (χ3v) is 3.40. The number of rotatable bonds is 3. The van der Waals surface area contributed by atoms with Crippen LogP contribution in [-0.2, 0) is 12.7 Å². The molecule has 0 aliphatic rings. The zero-order valence-electron chi connectivity index (χ0n) is 10.9. The largest absolute Gasteiger partial charge is 0.496 e. The summed E-state index contributed by atoms with van der Waals surface area (Å²) in [7, 11) is 1.42. The second-order valence-electron chi connectivity index (χ2n) is 4.29. The van der Waals surface area contributed by atoms with E-state index >= 15 is 0 Å². The lowest BCUT2D eigenvalue weighted by Gasteiger charge is -2.16. The number of hydrogen-bond donors (Lipinski definition) is 0. The van der Waals surface area contributed by atoms with Crippen molar-refractivity contribution in [3.05, 3.63) is 62.5 Å². The molecule has 1 aromatic carbocycles. The molecule has 0 N–H and O–H groups in total. The number of pyridine rings is 1. The molecule has 0 saturated carbocycles. The standard InChI is InChI=1S/C14H11BrF3NO2/c1-21-11-6-5-10(15)7-9(11)8-19-12(14(16,17)18)3-2-4-13(19)20/h2-7H,8H2,1H3. The highest BCUT2D eigenvalue weighted by Gasteiger charge is 2.34. The molecule has 0 amide bonds. The van der Waals surface area contributed by atoms with Crippen molar-refractivity contribution in [1.29, 1.82) is 0 Å². The van der Waals surface area contributed by atoms with Gasteiger partial charge in [0.05, 0.1) is 13.7 Å². The summed E-state index contributed by atoms with van der Waals surface area (Å²) in [4.78, 5) is 11.8. The van der Waals surface area contributed by atoms with E-state index in [-0.39, 0.29) is 6.54 Å². The average Bonchev–Trinajstić information content (AvgIpc) is 2.40. The van der Waals surface area contributed by atoms with Gasteiger partial charge in [-0.05, 0) is 24.3 Å². The van der Waals surface area contributed by atoms with E-state index in [4.69, 9.17) is 4.74 Å². The lowest BCUT2D eigenvalue weighted by Crippen LogP contribution is -2.27. The summed E-state index contributed by atoms with van der Waals surface area (Å²) in [5.41, 5.74) is -1.23. The number of ether oxygens (including phenoxy) is 1. The van der Waals surface area contributed by atoms with Gasteiger partial charge in [0.1, 0.15) is 11.4 Å². The molecule has 2 rings (SSSR count). The normalized spacial score (nSPS) is 11.5. The number of alkyl halides is 3. The summed E-state index contributed by atoms with van der Waals surface area (Å²) in [5, 5.41) is 0. The third kappa shape index (κ3) is 3.47. The molecule has 0 saturated heterocycles. The smallest absolute Gasteiger partial charge is 0.431 e. The van der Waals surface area contributed by atoms with Crippen molar-refractivity contribution >= 4 is 15.9 Å². The molecule has 0 aliphatic heterocycles. The molecule has 1 aromatic heterocycles. The fraction of sp³-hybridized carbons (Fsp3) is 0.214. The Bertz CT molecular complexity index is 710. The van der Waals surface area contributed by atoms with Crippen LogP contribution in [0.4, 0.5) is 13.2 Å². The molecule has 112 valence electrons. The molecular weight excluding hydrogens is 351 g/mol. The first-order chi connectivity index (χ1) is 9.82. The molecule has 0 spiro atoms. The molecule has 7 heteroatoms. The van der Waals surface area contributed by atoms with Crippen molar-refractivity contribution in [1.82, 2.24) is 4.57 Å². The molecule has 0 fully saturated rings. The molecule has 21 heavy (non-hydrogen) atoms. The zero-order chi connectivity index (χ0) is 15.6. The molecule has 2 aromatic rings. The van der Waals surface area contributed by atoms with Crippen LogP contribution >= 0.6 is 15.9 Å². The summed E-state index contributed by atoms with van der Waals surface area (Å²) < 4.78 is 45.5. The molecular formula is C14H11BrF3NO2. The fourth-order valence-electron chi connectivity index (χ4n) is 1.97. The van der Waals surface area contributed by atoms with Crippen molar-refractivity contribution in [2.45, 2.75) is 12.7 Å². The second kappa shape index (κ2) is 5.93. The highest BCUT2D eigenvalue weighted by atomic mass is 79.9. The topological polar surface area (TPSA) is 31.2 Å². The van der Waals surface area contributed by atoms with Gasteiger partial charge < -0.3 is 4.74 Å². The predicted molar refractivity (Wildman–Crippen MR) is 75.5 cm³/mol. The lowest BCUT2D eigenvalue weighted by molar-refractivity contribution is -0.144. The van der Waals surface area contributed by atoms with Gasteiger partial charge >= 0.3 is 6.18 Å². The van der Waals surface area contributed by atoms with Gasteiger partial charge in [-0.25, -0.2) is 0 Å². The van der Waals surface area contributed by atoms with E-state index in [1.54, 1.807) is 18.2 Å². The van der Waals surface area contributed by atoms with Crippen LogP contribution in [0.2, 0.25) is 0 Å². The average molecular weight is 362 g/mol. The van der Waals surface area contributed by atoms with Gasteiger partial charge in [-0.2, -0.15) is 13.2 Å². The highest BCUT2D eigenvalue weighted by molar-refractivity contribution is 9.10. The molecule has 0 atom stereocenters. The van der Waals surface area contributed by atoms with Gasteiger partial charge in [0.15, 0.2) is 0 Å². The minimum Gasteiger partial charge on any atom is -0.496 e. The minimum atomic E-state index is -4.60. The zero-order valence-corrected chi connectivity index (χ0v) is 12.5. The van der Waals surface area contributed by atoms with Crippen LogP contribution in [0.3, 0.4) is 0 Å². The first-order valence-electron chi connectivity index (χ1n) is 5.92. The van der Waals surface area contributed by atoms with Crippen molar-refractivity contribution in [3.8, 4) is 5.75 Å². The second-order valence-corrected chi connectivity index (χ2v) is 5.21. The highest BCUT2D eigenvalue weighted by Crippen LogP contribution is 2.30. The van der Waals surface area contributed by atoms with Gasteiger partial charge in [0.2, 0.25) is 0 Å². The summed E-state index contributed by atoms with van der Waals surface area (Å²) in [6.07, 6.45) is -4.60. The summed E-state index contributed by atoms with van der Waals surface area (Å²) >= 11 is 3.25. The van der Waals surface area contributed by atoms with Gasteiger partial charge in [0, 0.05) is 16.1 Å². The number of methoxy groups -OCH3 is 1. The predicted octanol–water partition coefficient (Wildman–Crippen LogP) is 3.69. The fourth-order valence-corrected chi connectivity index (χ4v) is 2.38. The maximum Gasteiger partial charge on any atom is 0.431 e. The summed E-state index contributed by atoms with van der Waals surface area (Å²) in [5.74, 6) is 0.419. The van der Waals surface area contributed by atoms with Gasteiger partial charge in [-0.15, -0.1) is 0 Å².